The Morgan fingerprint density at radius 1 is 1.25 bits per heavy atom. The van der Waals surface area contributed by atoms with Crippen LogP contribution in [0.5, 0.6) is 0 Å². The number of aromatic nitrogens is 2. The number of imidazole rings is 1. The molecule has 1 aromatic heterocycles. The topological polar surface area (TPSA) is 17.8 Å². The van der Waals surface area contributed by atoms with Crippen LogP contribution in [0.1, 0.15) is 57.8 Å². The molecule has 0 amide bonds. The first kappa shape index (κ1) is 15.7. The number of rotatable bonds is 5. The van der Waals surface area contributed by atoms with E-state index in [4.69, 9.17) is 23.2 Å². The molecular weight excluding hydrogens is 291 g/mol. The highest BCUT2D eigenvalue weighted by Gasteiger charge is 2.20. The van der Waals surface area contributed by atoms with Gasteiger partial charge in [-0.25, -0.2) is 4.98 Å². The highest BCUT2D eigenvalue weighted by molar-refractivity contribution is 6.31. The van der Waals surface area contributed by atoms with Crippen LogP contribution < -0.4 is 0 Å². The minimum absolute atomic E-state index is 0.111. The van der Waals surface area contributed by atoms with E-state index in [0.717, 1.165) is 28.3 Å². The summed E-state index contributed by atoms with van der Waals surface area (Å²) in [6, 6.07) is 6.19. The van der Waals surface area contributed by atoms with E-state index in [2.05, 4.69) is 30.3 Å². The van der Waals surface area contributed by atoms with E-state index in [0.29, 0.717) is 12.0 Å². The van der Waals surface area contributed by atoms with Gasteiger partial charge >= 0.3 is 0 Å². The molecule has 1 heterocycles. The number of hydrogen-bond donors (Lipinski definition) is 0. The van der Waals surface area contributed by atoms with E-state index in [1.165, 1.54) is 6.42 Å². The maximum Gasteiger partial charge on any atom is 0.127 e. The molecule has 0 N–H and O–H groups in total. The predicted octanol–water partition coefficient (Wildman–Crippen LogP) is 5.99. The molecule has 0 saturated carbocycles. The van der Waals surface area contributed by atoms with Crippen LogP contribution in [0.2, 0.25) is 5.02 Å². The molecule has 0 bridgehead atoms. The number of fused-ring (bicyclic) bond motifs is 1. The standard InChI is InChI=1S/C16H22Cl2N2/c1-5-10(2)8-11(3)20-15-9-13(18)6-7-14(15)19-16(20)12(4)17/h6-7,9-12H,5,8H2,1-4H3. The van der Waals surface area contributed by atoms with Crippen LogP contribution >= 0.6 is 23.2 Å². The fourth-order valence-corrected chi connectivity index (χ4v) is 3.00. The summed E-state index contributed by atoms with van der Waals surface area (Å²) < 4.78 is 2.26. The van der Waals surface area contributed by atoms with Gasteiger partial charge in [-0.05, 0) is 44.4 Å². The minimum Gasteiger partial charge on any atom is -0.324 e. The van der Waals surface area contributed by atoms with Gasteiger partial charge in [0.05, 0.1) is 16.4 Å². The van der Waals surface area contributed by atoms with E-state index in [1.54, 1.807) is 0 Å². The third-order valence-corrected chi connectivity index (χ3v) is 4.35. The summed E-state index contributed by atoms with van der Waals surface area (Å²) in [6.45, 7) is 8.71. The Bertz CT molecular complexity index is 589. The summed E-state index contributed by atoms with van der Waals surface area (Å²) >= 11 is 12.5. The molecule has 4 heteroatoms. The van der Waals surface area contributed by atoms with Gasteiger partial charge in [0.2, 0.25) is 0 Å². The van der Waals surface area contributed by atoms with Gasteiger partial charge in [-0.1, -0.05) is 31.9 Å². The number of hydrogen-bond acceptors (Lipinski definition) is 1. The third kappa shape index (κ3) is 3.12. The van der Waals surface area contributed by atoms with Crippen LogP contribution in [-0.2, 0) is 0 Å². The lowest BCUT2D eigenvalue weighted by molar-refractivity contribution is 0.397. The van der Waals surface area contributed by atoms with Gasteiger partial charge in [-0.2, -0.15) is 0 Å². The van der Waals surface area contributed by atoms with Gasteiger partial charge < -0.3 is 4.57 Å². The second kappa shape index (κ2) is 6.36. The highest BCUT2D eigenvalue weighted by Crippen LogP contribution is 2.32. The Morgan fingerprint density at radius 3 is 2.55 bits per heavy atom. The quantitative estimate of drug-likeness (QED) is 0.620. The van der Waals surface area contributed by atoms with E-state index in [-0.39, 0.29) is 5.38 Å². The van der Waals surface area contributed by atoms with Gasteiger partial charge in [0.15, 0.2) is 0 Å². The lowest BCUT2D eigenvalue weighted by atomic mass is 10.00. The largest absolute Gasteiger partial charge is 0.324 e. The average molecular weight is 313 g/mol. The summed E-state index contributed by atoms with van der Waals surface area (Å²) in [7, 11) is 0. The number of nitrogens with zero attached hydrogens (tertiary/aromatic N) is 2. The molecule has 0 fully saturated rings. The molecule has 20 heavy (non-hydrogen) atoms. The first-order valence-electron chi connectivity index (χ1n) is 7.25. The van der Waals surface area contributed by atoms with Crippen molar-refractivity contribution < 1.29 is 0 Å². The predicted molar refractivity (Wildman–Crippen MR) is 87.8 cm³/mol. The van der Waals surface area contributed by atoms with Crippen molar-refractivity contribution in [1.29, 1.82) is 0 Å². The zero-order chi connectivity index (χ0) is 14.9. The van der Waals surface area contributed by atoms with Crippen LogP contribution in [0.15, 0.2) is 18.2 Å². The highest BCUT2D eigenvalue weighted by atomic mass is 35.5. The molecule has 0 spiro atoms. The van der Waals surface area contributed by atoms with Crippen molar-refractivity contribution in [2.24, 2.45) is 5.92 Å². The fraction of sp³-hybridized carbons (Fsp3) is 0.562. The summed E-state index contributed by atoms with van der Waals surface area (Å²) in [6.07, 6.45) is 2.30. The summed E-state index contributed by atoms with van der Waals surface area (Å²) in [4.78, 5) is 4.68. The monoisotopic (exact) mass is 312 g/mol. The van der Waals surface area contributed by atoms with Gasteiger partial charge in [0.1, 0.15) is 5.82 Å². The Labute approximate surface area is 131 Å². The molecule has 1 aromatic carbocycles. The molecule has 3 unspecified atom stereocenters. The third-order valence-electron chi connectivity index (χ3n) is 3.92. The lowest BCUT2D eigenvalue weighted by Crippen LogP contribution is -2.12. The Balaban J connectivity index is 2.52. The van der Waals surface area contributed by atoms with Gasteiger partial charge in [0, 0.05) is 11.1 Å². The number of halogens is 2. The van der Waals surface area contributed by atoms with Gasteiger partial charge in [-0.15, -0.1) is 11.6 Å². The molecule has 0 aliphatic rings. The van der Waals surface area contributed by atoms with Gasteiger partial charge in [0.25, 0.3) is 0 Å². The SMILES string of the molecule is CCC(C)CC(C)n1c(C(C)Cl)nc2ccc(Cl)cc21. The Hall–Kier alpha value is -0.730. The zero-order valence-corrected chi connectivity index (χ0v) is 14.0. The molecule has 0 radical (unpaired) electrons. The van der Waals surface area contributed by atoms with Crippen LogP contribution in [0.4, 0.5) is 0 Å². The van der Waals surface area contributed by atoms with Crippen molar-refractivity contribution in [2.75, 3.05) is 0 Å². The van der Waals surface area contributed by atoms with E-state index in [9.17, 15) is 0 Å². The van der Waals surface area contributed by atoms with E-state index in [1.807, 2.05) is 25.1 Å². The lowest BCUT2D eigenvalue weighted by Gasteiger charge is -2.21. The molecule has 3 atom stereocenters. The molecule has 0 saturated heterocycles. The first-order valence-corrected chi connectivity index (χ1v) is 8.06. The molecular formula is C16H22Cl2N2. The van der Waals surface area contributed by atoms with Crippen molar-refractivity contribution in [3.8, 4) is 0 Å². The molecule has 110 valence electrons. The summed E-state index contributed by atoms with van der Waals surface area (Å²) in [5, 5.41) is 0.628. The average Bonchev–Trinajstić information content (AvgIpc) is 2.77. The Morgan fingerprint density at radius 2 is 1.95 bits per heavy atom. The number of benzene rings is 1. The van der Waals surface area contributed by atoms with Crippen molar-refractivity contribution in [3.05, 3.63) is 29.0 Å². The first-order chi connectivity index (χ1) is 9.43. The molecule has 2 aromatic rings. The van der Waals surface area contributed by atoms with Crippen LogP contribution in [0.3, 0.4) is 0 Å². The summed E-state index contributed by atoms with van der Waals surface area (Å²) in [5.41, 5.74) is 2.05. The maximum absolute atomic E-state index is 6.32. The zero-order valence-electron chi connectivity index (χ0n) is 12.5. The van der Waals surface area contributed by atoms with E-state index >= 15 is 0 Å². The van der Waals surface area contributed by atoms with Crippen molar-refractivity contribution in [2.45, 2.75) is 52.0 Å². The van der Waals surface area contributed by atoms with Crippen molar-refractivity contribution >= 4 is 34.2 Å². The number of alkyl halides is 1. The fourth-order valence-electron chi connectivity index (χ4n) is 2.68. The second-order valence-corrected chi connectivity index (χ2v) is 6.78. The van der Waals surface area contributed by atoms with Gasteiger partial charge in [-0.3, -0.25) is 0 Å². The molecule has 0 aliphatic carbocycles. The van der Waals surface area contributed by atoms with Crippen LogP contribution in [0.25, 0.3) is 11.0 Å². The second-order valence-electron chi connectivity index (χ2n) is 5.69. The molecule has 0 aliphatic heterocycles. The van der Waals surface area contributed by atoms with E-state index < -0.39 is 0 Å². The normalized spacial score (nSPS) is 16.3. The summed E-state index contributed by atoms with van der Waals surface area (Å²) in [5.74, 6) is 1.61. The molecule has 2 rings (SSSR count). The Kier molecular flexibility index (Phi) is 4.98. The van der Waals surface area contributed by atoms with Crippen LogP contribution in [-0.4, -0.2) is 9.55 Å². The molecule has 2 nitrogen and oxygen atoms in total. The smallest absolute Gasteiger partial charge is 0.127 e. The minimum atomic E-state index is -0.111. The van der Waals surface area contributed by atoms with Crippen LogP contribution in [0, 0.1) is 5.92 Å². The maximum atomic E-state index is 6.32. The van der Waals surface area contributed by atoms with Crippen molar-refractivity contribution in [1.82, 2.24) is 9.55 Å². The van der Waals surface area contributed by atoms with Crippen molar-refractivity contribution in [3.63, 3.8) is 0 Å².